The van der Waals surface area contributed by atoms with Gasteiger partial charge in [-0.2, -0.15) is 0 Å². The first-order chi connectivity index (χ1) is 20.2. The molecule has 2 aromatic heterocycles. The molecule has 1 aliphatic rings. The summed E-state index contributed by atoms with van der Waals surface area (Å²) in [5.74, 6) is -0.354. The van der Waals surface area contributed by atoms with E-state index >= 15 is 0 Å². The molecule has 0 fully saturated rings. The molecule has 13 heteroatoms. The highest BCUT2D eigenvalue weighted by atomic mass is 35.5. The van der Waals surface area contributed by atoms with Crippen molar-refractivity contribution in [2.45, 2.75) is 17.9 Å². The summed E-state index contributed by atoms with van der Waals surface area (Å²) in [5, 5.41) is 4.91. The van der Waals surface area contributed by atoms with Gasteiger partial charge >= 0.3 is 6.09 Å². The molecule has 2 amide bonds. The highest BCUT2D eigenvalue weighted by molar-refractivity contribution is 7.92. The molecule has 0 aliphatic carbocycles. The Morgan fingerprint density at radius 1 is 1.00 bits per heavy atom. The maximum atomic E-state index is 13.4. The summed E-state index contributed by atoms with van der Waals surface area (Å²) in [4.78, 5) is 33.1. The van der Waals surface area contributed by atoms with E-state index in [0.29, 0.717) is 40.8 Å². The molecule has 0 spiro atoms. The lowest BCUT2D eigenvalue weighted by atomic mass is 10.0. The van der Waals surface area contributed by atoms with Crippen LogP contribution < -0.4 is 10.0 Å². The molecule has 2 N–H and O–H groups in total. The van der Waals surface area contributed by atoms with Gasteiger partial charge in [-0.15, -0.1) is 22.7 Å². The van der Waals surface area contributed by atoms with E-state index in [0.717, 1.165) is 31.2 Å². The minimum absolute atomic E-state index is 0.0727. The Morgan fingerprint density at radius 3 is 2.45 bits per heavy atom. The summed E-state index contributed by atoms with van der Waals surface area (Å²) >= 11 is 8.83. The molecule has 6 rings (SSSR count). The number of nitrogens with zero attached hydrogens (tertiary/aromatic N) is 2. The number of thiophene rings is 1. The fraction of sp³-hybridized carbons (Fsp3) is 0.138. The molecular formula is C29H23ClN4O5S3. The second-order valence-electron chi connectivity index (χ2n) is 9.43. The molecule has 42 heavy (non-hydrogen) atoms. The van der Waals surface area contributed by atoms with Gasteiger partial charge in [-0.05, 0) is 72.6 Å². The van der Waals surface area contributed by atoms with Gasteiger partial charge in [0.2, 0.25) is 0 Å². The number of carbonyl (C=O) groups excluding carboxylic acids is 2. The van der Waals surface area contributed by atoms with Crippen LogP contribution in [-0.4, -0.2) is 44.0 Å². The van der Waals surface area contributed by atoms with Gasteiger partial charge < -0.3 is 15.0 Å². The van der Waals surface area contributed by atoms with Gasteiger partial charge in [0.25, 0.3) is 15.9 Å². The Bertz CT molecular complexity index is 1890. The number of hydrogen-bond donors (Lipinski definition) is 2. The number of fused-ring (bicyclic) bond motifs is 2. The van der Waals surface area contributed by atoms with Crippen LogP contribution in [0.2, 0.25) is 5.02 Å². The standard InChI is InChI=1S/C29H23ClN4O5S3/c1-39-29(36)34-15-14-21-24(16-34)41-28(25(21)27-31-22-4-2-3-5-23(22)40-27)32-26(35)17-6-10-19(11-7-17)33-42(37,38)20-12-8-18(30)9-13-20/h2-13,33H,14-16H2,1H3,(H,32,35). The second kappa shape index (κ2) is 11.4. The Labute approximate surface area is 254 Å². The van der Waals surface area contributed by atoms with E-state index in [1.165, 1.54) is 54.8 Å². The zero-order chi connectivity index (χ0) is 29.4. The molecule has 3 heterocycles. The Kier molecular flexibility index (Phi) is 7.62. The van der Waals surface area contributed by atoms with Crippen molar-refractivity contribution in [3.05, 3.63) is 93.8 Å². The van der Waals surface area contributed by atoms with Crippen LogP contribution >= 0.6 is 34.3 Å². The Hall–Kier alpha value is -3.97. The van der Waals surface area contributed by atoms with Crippen molar-refractivity contribution >= 4 is 77.2 Å². The number of sulfonamides is 1. The third-order valence-corrected chi connectivity index (χ3v) is 10.6. The van der Waals surface area contributed by atoms with Gasteiger partial charge in [-0.3, -0.25) is 9.52 Å². The molecule has 0 unspecified atom stereocenters. The maximum Gasteiger partial charge on any atom is 0.409 e. The van der Waals surface area contributed by atoms with Crippen LogP contribution in [-0.2, 0) is 27.7 Å². The predicted octanol–water partition coefficient (Wildman–Crippen LogP) is 6.86. The molecule has 214 valence electrons. The van der Waals surface area contributed by atoms with Gasteiger partial charge in [-0.25, -0.2) is 18.2 Å². The van der Waals surface area contributed by atoms with E-state index in [1.54, 1.807) is 28.4 Å². The van der Waals surface area contributed by atoms with Crippen LogP contribution in [0, 0.1) is 0 Å². The molecule has 5 aromatic rings. The number of carbonyl (C=O) groups is 2. The van der Waals surface area contributed by atoms with Crippen molar-refractivity contribution in [3.8, 4) is 10.6 Å². The van der Waals surface area contributed by atoms with Crippen molar-refractivity contribution in [1.82, 2.24) is 9.88 Å². The Morgan fingerprint density at radius 2 is 1.74 bits per heavy atom. The number of rotatable bonds is 6. The predicted molar refractivity (Wildman–Crippen MR) is 166 cm³/mol. The first-order valence-electron chi connectivity index (χ1n) is 12.7. The van der Waals surface area contributed by atoms with E-state index in [-0.39, 0.29) is 10.8 Å². The average Bonchev–Trinajstić information content (AvgIpc) is 3.57. The van der Waals surface area contributed by atoms with Crippen LogP contribution in [0.1, 0.15) is 20.8 Å². The fourth-order valence-electron chi connectivity index (χ4n) is 4.67. The van der Waals surface area contributed by atoms with Crippen LogP contribution in [0.4, 0.5) is 15.5 Å². The number of nitrogens with one attached hydrogen (secondary N) is 2. The van der Waals surface area contributed by atoms with Crippen molar-refractivity contribution in [1.29, 1.82) is 0 Å². The minimum atomic E-state index is -3.82. The lowest BCUT2D eigenvalue weighted by Gasteiger charge is -2.25. The fourth-order valence-corrected chi connectivity index (χ4v) is 8.23. The first-order valence-corrected chi connectivity index (χ1v) is 16.2. The number of methoxy groups -OCH3 is 1. The van der Waals surface area contributed by atoms with Crippen molar-refractivity contribution < 1.29 is 22.7 Å². The third kappa shape index (κ3) is 5.58. The number of para-hydroxylation sites is 1. The number of anilines is 2. The molecule has 3 aromatic carbocycles. The average molecular weight is 639 g/mol. The molecule has 0 saturated heterocycles. The number of amides is 2. The summed E-state index contributed by atoms with van der Waals surface area (Å²) in [6.07, 6.45) is 0.206. The van der Waals surface area contributed by atoms with E-state index < -0.39 is 16.1 Å². The number of thiazole rings is 1. The van der Waals surface area contributed by atoms with Crippen LogP contribution in [0.5, 0.6) is 0 Å². The number of halogens is 1. The SMILES string of the molecule is COC(=O)N1CCc2c(sc(NC(=O)c3ccc(NS(=O)(=O)c4ccc(Cl)cc4)cc3)c2-c2nc3ccccc3s2)C1. The first kappa shape index (κ1) is 28.2. The monoisotopic (exact) mass is 638 g/mol. The smallest absolute Gasteiger partial charge is 0.409 e. The third-order valence-electron chi connectivity index (χ3n) is 6.75. The normalized spacial score (nSPS) is 13.0. The topological polar surface area (TPSA) is 118 Å². The number of benzene rings is 3. The van der Waals surface area contributed by atoms with E-state index in [4.69, 9.17) is 21.3 Å². The van der Waals surface area contributed by atoms with Crippen molar-refractivity contribution in [2.24, 2.45) is 0 Å². The maximum absolute atomic E-state index is 13.4. The molecular weight excluding hydrogens is 616 g/mol. The zero-order valence-electron chi connectivity index (χ0n) is 22.1. The highest BCUT2D eigenvalue weighted by Gasteiger charge is 2.30. The van der Waals surface area contributed by atoms with Gasteiger partial charge in [0.05, 0.1) is 28.8 Å². The van der Waals surface area contributed by atoms with Gasteiger partial charge in [-0.1, -0.05) is 23.7 Å². The molecule has 0 atom stereocenters. The molecule has 0 radical (unpaired) electrons. The van der Waals surface area contributed by atoms with Gasteiger partial charge in [0.1, 0.15) is 10.0 Å². The van der Waals surface area contributed by atoms with Gasteiger partial charge in [0.15, 0.2) is 0 Å². The van der Waals surface area contributed by atoms with E-state index in [2.05, 4.69) is 10.0 Å². The van der Waals surface area contributed by atoms with E-state index in [9.17, 15) is 18.0 Å². The lowest BCUT2D eigenvalue weighted by Crippen LogP contribution is -2.35. The summed E-state index contributed by atoms with van der Waals surface area (Å²) in [7, 11) is -2.46. The quantitative estimate of drug-likeness (QED) is 0.210. The van der Waals surface area contributed by atoms with Crippen LogP contribution in [0.3, 0.4) is 0 Å². The number of ether oxygens (including phenoxy) is 1. The van der Waals surface area contributed by atoms with Crippen molar-refractivity contribution in [3.63, 3.8) is 0 Å². The summed E-state index contributed by atoms with van der Waals surface area (Å²) in [5.41, 5.74) is 3.45. The van der Waals surface area contributed by atoms with Gasteiger partial charge in [0, 0.05) is 33.3 Å². The number of hydrogen-bond acceptors (Lipinski definition) is 8. The highest BCUT2D eigenvalue weighted by Crippen LogP contribution is 2.46. The van der Waals surface area contributed by atoms with Crippen LogP contribution in [0.25, 0.3) is 20.8 Å². The lowest BCUT2D eigenvalue weighted by molar-refractivity contribution is 0.102. The van der Waals surface area contributed by atoms with Crippen LogP contribution in [0.15, 0.2) is 77.7 Å². The zero-order valence-corrected chi connectivity index (χ0v) is 25.3. The summed E-state index contributed by atoms with van der Waals surface area (Å²) in [6.45, 7) is 0.873. The number of aromatic nitrogens is 1. The summed E-state index contributed by atoms with van der Waals surface area (Å²) in [6, 6.07) is 19.9. The molecule has 0 saturated carbocycles. The Balaban J connectivity index is 1.27. The summed E-state index contributed by atoms with van der Waals surface area (Å²) < 4.78 is 33.9. The largest absolute Gasteiger partial charge is 0.453 e. The molecule has 0 bridgehead atoms. The molecule has 9 nitrogen and oxygen atoms in total. The molecule has 1 aliphatic heterocycles. The van der Waals surface area contributed by atoms with E-state index in [1.807, 2.05) is 24.3 Å². The minimum Gasteiger partial charge on any atom is -0.453 e. The van der Waals surface area contributed by atoms with Crippen molar-refractivity contribution in [2.75, 3.05) is 23.7 Å². The second-order valence-corrected chi connectivity index (χ2v) is 13.7.